The van der Waals surface area contributed by atoms with Gasteiger partial charge in [0.2, 0.25) is 0 Å². The Morgan fingerprint density at radius 3 is 2.89 bits per heavy atom. The Morgan fingerprint density at radius 1 is 1.78 bits per heavy atom. The minimum Gasteiger partial charge on any atom is -0.332 e. The first-order chi connectivity index (χ1) is 4.18. The Labute approximate surface area is 64.3 Å². The summed E-state index contributed by atoms with van der Waals surface area (Å²) in [5.41, 5.74) is -0.182. The van der Waals surface area contributed by atoms with Crippen LogP contribution in [0.3, 0.4) is 0 Å². The van der Waals surface area contributed by atoms with E-state index in [-0.39, 0.29) is 5.50 Å². The van der Waals surface area contributed by atoms with E-state index in [1.165, 1.54) is 0 Å². The van der Waals surface area contributed by atoms with Gasteiger partial charge in [0.25, 0.3) is 0 Å². The summed E-state index contributed by atoms with van der Waals surface area (Å²) in [4.78, 5) is 4.00. The van der Waals surface area contributed by atoms with Gasteiger partial charge in [0.15, 0.2) is 10.6 Å². The Balaban J connectivity index is 2.67. The molecule has 3 nitrogen and oxygen atoms in total. The molecule has 5 heteroatoms. The van der Waals surface area contributed by atoms with Crippen LogP contribution in [0.5, 0.6) is 0 Å². The maximum atomic E-state index is 4.81. The van der Waals surface area contributed by atoms with Gasteiger partial charge in [0, 0.05) is 0 Å². The summed E-state index contributed by atoms with van der Waals surface area (Å²) in [6, 6.07) is 0. The van der Waals surface area contributed by atoms with Crippen LogP contribution < -0.4 is 10.6 Å². The van der Waals surface area contributed by atoms with E-state index in [0.717, 1.165) is 5.84 Å². The van der Waals surface area contributed by atoms with Gasteiger partial charge in [0.05, 0.1) is 0 Å². The molecule has 0 aromatic carbocycles. The normalized spacial score (nSPS) is 26.2. The molecule has 0 aromatic rings. The van der Waals surface area contributed by atoms with E-state index in [4.69, 9.17) is 12.2 Å². The lowest BCUT2D eigenvalue weighted by Crippen LogP contribution is -2.46. The van der Waals surface area contributed by atoms with Crippen LogP contribution in [0.1, 0.15) is 6.92 Å². The third-order valence-corrected chi connectivity index (χ3v) is 1.34. The number of hydrogen-bond acceptors (Lipinski definition) is 3. The zero-order valence-electron chi connectivity index (χ0n) is 4.88. The molecule has 1 aliphatic heterocycles. The number of aliphatic imine (C=N–C) groups is 1. The van der Waals surface area contributed by atoms with Crippen molar-refractivity contribution >= 4 is 35.8 Å². The van der Waals surface area contributed by atoms with Crippen LogP contribution in [0.4, 0.5) is 0 Å². The summed E-state index contributed by atoms with van der Waals surface area (Å²) in [6.45, 7) is 1.84. The number of nitrogens with one attached hydrogen (secondary N) is 2. The molecule has 0 bridgehead atoms. The highest BCUT2D eigenvalue weighted by Gasteiger charge is 2.08. The number of rotatable bonds is 0. The minimum absolute atomic E-state index is 0.182. The highest BCUT2D eigenvalue weighted by Crippen LogP contribution is 1.96. The molecule has 0 aliphatic carbocycles. The monoisotopic (exact) mass is 161 g/mol. The van der Waals surface area contributed by atoms with Crippen molar-refractivity contribution in [1.82, 2.24) is 10.6 Å². The number of thiol groups is 1. The number of amidine groups is 1. The van der Waals surface area contributed by atoms with Crippen LogP contribution >= 0.6 is 24.8 Å². The summed E-state index contributed by atoms with van der Waals surface area (Å²) in [6.07, 6.45) is 0. The maximum absolute atomic E-state index is 4.81. The van der Waals surface area contributed by atoms with Crippen molar-refractivity contribution in [2.75, 3.05) is 0 Å². The predicted octanol–water partition coefficient (Wildman–Crippen LogP) is 0.0959. The van der Waals surface area contributed by atoms with Gasteiger partial charge in [0.1, 0.15) is 5.84 Å². The third-order valence-electron chi connectivity index (χ3n) is 0.871. The first-order valence-electron chi connectivity index (χ1n) is 2.48. The lowest BCUT2D eigenvalue weighted by molar-refractivity contribution is 0.826. The molecular weight excluding hydrogens is 154 g/mol. The average Bonchev–Trinajstić information content (AvgIpc) is 1.59. The van der Waals surface area contributed by atoms with Gasteiger partial charge < -0.3 is 10.6 Å². The average molecular weight is 161 g/mol. The van der Waals surface area contributed by atoms with E-state index in [2.05, 4.69) is 28.3 Å². The first-order valence-corrected chi connectivity index (χ1v) is 3.41. The largest absolute Gasteiger partial charge is 0.332 e. The van der Waals surface area contributed by atoms with E-state index in [1.807, 2.05) is 6.92 Å². The van der Waals surface area contributed by atoms with E-state index in [1.54, 1.807) is 0 Å². The topological polar surface area (TPSA) is 36.4 Å². The van der Waals surface area contributed by atoms with Crippen LogP contribution in [0, 0.1) is 0 Å². The zero-order valence-corrected chi connectivity index (χ0v) is 6.59. The molecule has 1 heterocycles. The van der Waals surface area contributed by atoms with Gasteiger partial charge >= 0.3 is 0 Å². The van der Waals surface area contributed by atoms with E-state index < -0.39 is 0 Å². The number of hydrogen-bond donors (Lipinski definition) is 3. The molecule has 0 amide bonds. The van der Waals surface area contributed by atoms with E-state index in [0.29, 0.717) is 5.11 Å². The molecule has 0 fully saturated rings. The maximum Gasteiger partial charge on any atom is 0.173 e. The smallest absolute Gasteiger partial charge is 0.173 e. The van der Waals surface area contributed by atoms with Crippen LogP contribution in [0.2, 0.25) is 0 Å². The summed E-state index contributed by atoms with van der Waals surface area (Å²) in [7, 11) is 0. The van der Waals surface area contributed by atoms with Crippen molar-refractivity contribution in [3.05, 3.63) is 0 Å². The number of thiocarbonyl (C=S) groups is 1. The Hall–Kier alpha value is -0.290. The van der Waals surface area contributed by atoms with Gasteiger partial charge in [-0.25, -0.2) is 4.99 Å². The Kier molecular flexibility index (Phi) is 1.92. The fourth-order valence-corrected chi connectivity index (χ4v) is 1.21. The second-order valence-electron chi connectivity index (χ2n) is 1.69. The summed E-state index contributed by atoms with van der Waals surface area (Å²) in [5, 5.41) is 6.22. The van der Waals surface area contributed by atoms with Crippen LogP contribution in [-0.4, -0.2) is 16.4 Å². The molecule has 0 aromatic heterocycles. The fourth-order valence-electron chi connectivity index (χ4n) is 0.566. The van der Waals surface area contributed by atoms with Gasteiger partial charge in [-0.05, 0) is 19.1 Å². The highest BCUT2D eigenvalue weighted by molar-refractivity contribution is 7.81. The van der Waals surface area contributed by atoms with Crippen molar-refractivity contribution in [2.45, 2.75) is 12.4 Å². The van der Waals surface area contributed by atoms with Crippen molar-refractivity contribution in [1.29, 1.82) is 0 Å². The van der Waals surface area contributed by atoms with Gasteiger partial charge in [-0.2, -0.15) is 0 Å². The molecule has 0 radical (unpaired) electrons. The van der Waals surface area contributed by atoms with Crippen molar-refractivity contribution in [3.8, 4) is 0 Å². The molecule has 1 rings (SSSR count). The minimum atomic E-state index is -0.182. The standard InChI is InChI=1S/C4H7N3S2/c1-2-5-3(8)7-4(9)6-2/h3,8H,1H3,(H2,5,6,7,9). The first kappa shape index (κ1) is 6.82. The van der Waals surface area contributed by atoms with Crippen molar-refractivity contribution in [2.24, 2.45) is 4.99 Å². The van der Waals surface area contributed by atoms with Crippen LogP contribution in [0.25, 0.3) is 0 Å². The second kappa shape index (κ2) is 2.53. The fraction of sp³-hybridized carbons (Fsp3) is 0.500. The molecule has 1 unspecified atom stereocenters. The van der Waals surface area contributed by atoms with Crippen LogP contribution in [-0.2, 0) is 0 Å². The third kappa shape index (κ3) is 1.83. The van der Waals surface area contributed by atoms with Gasteiger partial charge in [-0.1, -0.05) is 0 Å². The lowest BCUT2D eigenvalue weighted by atomic mass is 10.6. The predicted molar refractivity (Wildman–Crippen MR) is 44.8 cm³/mol. The lowest BCUT2D eigenvalue weighted by Gasteiger charge is -2.18. The molecule has 0 saturated heterocycles. The van der Waals surface area contributed by atoms with E-state index in [9.17, 15) is 0 Å². The van der Waals surface area contributed by atoms with Crippen molar-refractivity contribution in [3.63, 3.8) is 0 Å². The Morgan fingerprint density at radius 2 is 2.44 bits per heavy atom. The zero-order chi connectivity index (χ0) is 6.85. The molecule has 1 aliphatic rings. The van der Waals surface area contributed by atoms with E-state index >= 15 is 0 Å². The second-order valence-corrected chi connectivity index (χ2v) is 2.58. The molecular formula is C4H7N3S2. The highest BCUT2D eigenvalue weighted by atomic mass is 32.1. The van der Waals surface area contributed by atoms with Crippen molar-refractivity contribution < 1.29 is 0 Å². The quantitative estimate of drug-likeness (QED) is 0.348. The van der Waals surface area contributed by atoms with Gasteiger partial charge in [-0.3, -0.25) is 0 Å². The summed E-state index contributed by atoms with van der Waals surface area (Å²) in [5.74, 6) is 0.804. The summed E-state index contributed by atoms with van der Waals surface area (Å²) < 4.78 is 0. The number of nitrogens with zero attached hydrogens (tertiary/aromatic N) is 1. The molecule has 0 spiro atoms. The summed E-state index contributed by atoms with van der Waals surface area (Å²) >= 11 is 8.86. The molecule has 1 atom stereocenters. The molecule has 9 heavy (non-hydrogen) atoms. The van der Waals surface area contributed by atoms with Crippen LogP contribution in [0.15, 0.2) is 4.99 Å². The molecule has 0 saturated carbocycles. The SMILES string of the molecule is CC1=NC(S)NC(=S)N1. The van der Waals surface area contributed by atoms with Gasteiger partial charge in [-0.15, -0.1) is 12.6 Å². The molecule has 50 valence electrons. The Bertz CT molecular complexity index is 165. The molecule has 2 N–H and O–H groups in total.